The first-order chi connectivity index (χ1) is 16.4. The van der Waals surface area contributed by atoms with Crippen molar-refractivity contribution in [1.29, 1.82) is 0 Å². The van der Waals surface area contributed by atoms with Gasteiger partial charge in [-0.05, 0) is 98.4 Å². The van der Waals surface area contributed by atoms with E-state index in [2.05, 4.69) is 55.5 Å². The van der Waals surface area contributed by atoms with Crippen LogP contribution in [0.2, 0.25) is 0 Å². The molecule has 3 aromatic rings. The summed E-state index contributed by atoms with van der Waals surface area (Å²) in [4.78, 5) is 28.5. The highest BCUT2D eigenvalue weighted by molar-refractivity contribution is 14.1. The van der Waals surface area contributed by atoms with Gasteiger partial charge in [-0.1, -0.05) is 42.5 Å². The monoisotopic (exact) mass is 696 g/mol. The first kappa shape index (κ1) is 24.7. The molecule has 1 fully saturated rings. The maximum absolute atomic E-state index is 12.6. The Bertz CT molecular complexity index is 1290. The van der Waals surface area contributed by atoms with Gasteiger partial charge >= 0.3 is 5.97 Å². The summed E-state index contributed by atoms with van der Waals surface area (Å²) in [5, 5.41) is 12.2. The Hall–Kier alpha value is -2.38. The number of halogens is 2. The van der Waals surface area contributed by atoms with Crippen molar-refractivity contribution < 1.29 is 19.4 Å². The lowest BCUT2D eigenvalue weighted by atomic mass is 10.1. The molecule has 1 heterocycles. The van der Waals surface area contributed by atoms with E-state index < -0.39 is 5.97 Å². The smallest absolute Gasteiger partial charge is 0.307 e. The van der Waals surface area contributed by atoms with Crippen molar-refractivity contribution >= 4 is 85.8 Å². The van der Waals surface area contributed by atoms with Crippen LogP contribution in [-0.4, -0.2) is 22.2 Å². The second kappa shape index (κ2) is 11.4. The van der Waals surface area contributed by atoms with Crippen LogP contribution in [0.5, 0.6) is 5.75 Å². The fourth-order valence-electron chi connectivity index (χ4n) is 3.17. The van der Waals surface area contributed by atoms with Gasteiger partial charge in [0.25, 0.3) is 5.91 Å². The first-order valence-electron chi connectivity index (χ1n) is 10.1. The predicted octanol–water partition coefficient (Wildman–Crippen LogP) is 5.99. The molecular formula is C25H18I2N2O4S. The number of nitrogens with one attached hydrogen (secondary N) is 1. The van der Waals surface area contributed by atoms with Gasteiger partial charge in [0, 0.05) is 9.13 Å². The summed E-state index contributed by atoms with van der Waals surface area (Å²) in [5.74, 6) is -0.385. The molecular weight excluding hydrogens is 678 g/mol. The van der Waals surface area contributed by atoms with E-state index >= 15 is 0 Å². The summed E-state index contributed by atoms with van der Waals surface area (Å²) in [6, 6.07) is 20.9. The van der Waals surface area contributed by atoms with Crippen LogP contribution in [0, 0.1) is 7.14 Å². The molecule has 2 N–H and O–H groups in total. The fourth-order valence-corrected chi connectivity index (χ4v) is 6.05. The topological polar surface area (TPSA) is 88.0 Å². The van der Waals surface area contributed by atoms with E-state index in [0.717, 1.165) is 24.0 Å². The lowest BCUT2D eigenvalue weighted by Gasteiger charge is -2.13. The molecule has 0 aliphatic carbocycles. The molecule has 4 rings (SSSR count). The van der Waals surface area contributed by atoms with Crippen molar-refractivity contribution in [3.05, 3.63) is 95.5 Å². The van der Waals surface area contributed by atoms with Crippen LogP contribution in [0.4, 0.5) is 5.69 Å². The quantitative estimate of drug-likeness (QED) is 0.234. The van der Waals surface area contributed by atoms with Gasteiger partial charge < -0.3 is 15.2 Å². The lowest BCUT2D eigenvalue weighted by Crippen LogP contribution is -2.19. The largest absolute Gasteiger partial charge is 0.487 e. The number of thioether (sulfide) groups is 1. The average Bonchev–Trinajstić information content (AvgIpc) is 3.13. The number of aliphatic imine (C=N–C) groups is 1. The summed E-state index contributed by atoms with van der Waals surface area (Å²) in [6.45, 7) is 0.428. The number of benzene rings is 3. The highest BCUT2D eigenvalue weighted by atomic mass is 127. The Morgan fingerprint density at radius 1 is 1.06 bits per heavy atom. The third-order valence-corrected chi connectivity index (χ3v) is 7.06. The zero-order valence-electron chi connectivity index (χ0n) is 17.6. The molecule has 1 amide bonds. The molecule has 1 aliphatic heterocycles. The summed E-state index contributed by atoms with van der Waals surface area (Å²) in [7, 11) is 0. The number of carbonyl (C=O) groups excluding carboxylic acids is 1. The Balaban J connectivity index is 1.55. The predicted molar refractivity (Wildman–Crippen MR) is 151 cm³/mol. The van der Waals surface area contributed by atoms with E-state index in [-0.39, 0.29) is 12.3 Å². The molecule has 0 saturated carbocycles. The number of carboxylic acids is 1. The van der Waals surface area contributed by atoms with Crippen molar-refractivity contribution in [3.8, 4) is 5.75 Å². The maximum atomic E-state index is 12.6. The van der Waals surface area contributed by atoms with Crippen molar-refractivity contribution in [2.45, 2.75) is 13.0 Å². The number of hydrogen-bond acceptors (Lipinski definition) is 5. The van der Waals surface area contributed by atoms with Crippen LogP contribution >= 0.6 is 56.9 Å². The molecule has 1 saturated heterocycles. The Kier molecular flexibility index (Phi) is 8.27. The lowest BCUT2D eigenvalue weighted by molar-refractivity contribution is -0.136. The second-order valence-corrected chi connectivity index (χ2v) is 10.7. The molecule has 0 aromatic heterocycles. The molecule has 0 unspecified atom stereocenters. The van der Waals surface area contributed by atoms with Crippen molar-refractivity contribution in [2.75, 3.05) is 0 Å². The molecule has 0 atom stereocenters. The molecule has 0 bridgehead atoms. The minimum atomic E-state index is -0.884. The van der Waals surface area contributed by atoms with Gasteiger partial charge in [0.1, 0.15) is 12.4 Å². The molecule has 3 aromatic carbocycles. The van der Waals surface area contributed by atoms with Gasteiger partial charge in [-0.3, -0.25) is 9.59 Å². The minimum absolute atomic E-state index is 0.0431. The number of hydrogen-bond donors (Lipinski definition) is 2. The van der Waals surface area contributed by atoms with Crippen LogP contribution in [0.25, 0.3) is 6.08 Å². The van der Waals surface area contributed by atoms with E-state index in [1.807, 2.05) is 48.5 Å². The first-order valence-corrected chi connectivity index (χ1v) is 13.1. The van der Waals surface area contributed by atoms with Crippen LogP contribution in [-0.2, 0) is 22.6 Å². The molecule has 34 heavy (non-hydrogen) atoms. The zero-order chi connectivity index (χ0) is 24.1. The second-order valence-electron chi connectivity index (χ2n) is 7.30. The fraction of sp³-hybridized carbons (Fsp3) is 0.0800. The number of rotatable bonds is 7. The zero-order valence-corrected chi connectivity index (χ0v) is 22.8. The summed E-state index contributed by atoms with van der Waals surface area (Å²) < 4.78 is 8.15. The van der Waals surface area contributed by atoms with Crippen LogP contribution < -0.4 is 10.1 Å². The van der Waals surface area contributed by atoms with Crippen molar-refractivity contribution in [3.63, 3.8) is 0 Å². The summed E-state index contributed by atoms with van der Waals surface area (Å²) in [6.07, 6.45) is 1.78. The molecule has 0 spiro atoms. The van der Waals surface area contributed by atoms with Gasteiger partial charge in [-0.15, -0.1) is 0 Å². The summed E-state index contributed by atoms with van der Waals surface area (Å²) >= 11 is 5.75. The maximum Gasteiger partial charge on any atom is 0.307 e. The molecule has 1 aliphatic rings. The third kappa shape index (κ3) is 6.60. The average molecular weight is 696 g/mol. The number of carbonyl (C=O) groups is 2. The standard InChI is InChI=1S/C25H18I2N2O4S/c26-18-11-17(23(20(27)13-18)33-14-16-4-2-1-3-5-16)12-21-24(32)29-25(34-21)28-19-8-6-15(7-9-19)10-22(30)31/h1-9,11-13H,10,14H2,(H,30,31)(H,28,29,32)/b21-12+. The van der Waals surface area contributed by atoms with E-state index in [9.17, 15) is 9.59 Å². The molecule has 9 heteroatoms. The highest BCUT2D eigenvalue weighted by Gasteiger charge is 2.25. The van der Waals surface area contributed by atoms with E-state index in [4.69, 9.17) is 9.84 Å². The highest BCUT2D eigenvalue weighted by Crippen LogP contribution is 2.34. The SMILES string of the molecule is O=C(O)Cc1ccc(N=C2NC(=O)/C(=C\c3cc(I)cc(I)c3OCc3ccccc3)S2)cc1. The van der Waals surface area contributed by atoms with E-state index in [0.29, 0.717) is 27.9 Å². The van der Waals surface area contributed by atoms with Crippen molar-refractivity contribution in [1.82, 2.24) is 5.32 Å². The molecule has 6 nitrogen and oxygen atoms in total. The molecule has 172 valence electrons. The Morgan fingerprint density at radius 3 is 2.50 bits per heavy atom. The number of nitrogens with zero attached hydrogens (tertiary/aromatic N) is 1. The number of amidine groups is 1. The third-order valence-electron chi connectivity index (χ3n) is 4.72. The van der Waals surface area contributed by atoms with Crippen LogP contribution in [0.15, 0.2) is 76.6 Å². The summed E-state index contributed by atoms with van der Waals surface area (Å²) in [5.41, 5.74) is 3.21. The van der Waals surface area contributed by atoms with Gasteiger partial charge in [-0.25, -0.2) is 4.99 Å². The number of ether oxygens (including phenoxy) is 1. The van der Waals surface area contributed by atoms with Gasteiger partial charge in [0.15, 0.2) is 5.17 Å². The number of aliphatic carboxylic acids is 1. The van der Waals surface area contributed by atoms with Gasteiger partial charge in [0.2, 0.25) is 0 Å². The van der Waals surface area contributed by atoms with E-state index in [1.54, 1.807) is 24.3 Å². The Labute approximate surface area is 228 Å². The number of carboxylic acid groups (broad SMARTS) is 1. The normalized spacial score (nSPS) is 15.5. The van der Waals surface area contributed by atoms with Crippen LogP contribution in [0.3, 0.4) is 0 Å². The Morgan fingerprint density at radius 2 is 1.79 bits per heavy atom. The van der Waals surface area contributed by atoms with E-state index in [1.165, 1.54) is 11.8 Å². The van der Waals surface area contributed by atoms with Gasteiger partial charge in [-0.2, -0.15) is 0 Å². The minimum Gasteiger partial charge on any atom is -0.487 e. The van der Waals surface area contributed by atoms with Crippen molar-refractivity contribution in [2.24, 2.45) is 4.99 Å². The van der Waals surface area contributed by atoms with Gasteiger partial charge in [0.05, 0.1) is 20.6 Å². The van der Waals surface area contributed by atoms with Crippen LogP contribution in [0.1, 0.15) is 16.7 Å². The molecule has 0 radical (unpaired) electrons. The number of amides is 1.